The Bertz CT molecular complexity index is 1500. The minimum atomic E-state index is -0.344. The van der Waals surface area contributed by atoms with E-state index in [1.54, 1.807) is 25.3 Å². The summed E-state index contributed by atoms with van der Waals surface area (Å²) in [4.78, 5) is 27.1. The van der Waals surface area contributed by atoms with Gasteiger partial charge in [0.2, 0.25) is 0 Å². The molecule has 1 saturated heterocycles. The summed E-state index contributed by atoms with van der Waals surface area (Å²) in [6, 6.07) is 28.6. The SMILES string of the molecule is COc1cc(/C=C2\SC(=O)N(CCOc3cccc4ccccc34)C2=O)ccc1OCCOc1ccccc1. The first-order valence-corrected chi connectivity index (χ1v) is 13.3. The predicted molar refractivity (Wildman–Crippen MR) is 153 cm³/mol. The molecule has 5 rings (SSSR count). The van der Waals surface area contributed by atoms with E-state index >= 15 is 0 Å². The number of nitrogens with zero attached hydrogens (tertiary/aromatic N) is 1. The summed E-state index contributed by atoms with van der Waals surface area (Å²) in [5.74, 6) is 2.23. The van der Waals surface area contributed by atoms with Crippen LogP contribution in [-0.2, 0) is 4.79 Å². The summed E-state index contributed by atoms with van der Waals surface area (Å²) in [6.45, 7) is 1.08. The third-order valence-electron chi connectivity index (χ3n) is 6.03. The number of fused-ring (bicyclic) bond motifs is 1. The van der Waals surface area contributed by atoms with Crippen LogP contribution in [0.25, 0.3) is 16.8 Å². The van der Waals surface area contributed by atoms with Gasteiger partial charge in [0, 0.05) is 5.39 Å². The van der Waals surface area contributed by atoms with Gasteiger partial charge in [-0.25, -0.2) is 0 Å². The average molecular weight is 542 g/mol. The highest BCUT2D eigenvalue weighted by Gasteiger charge is 2.34. The van der Waals surface area contributed by atoms with E-state index in [1.165, 1.54) is 4.90 Å². The third-order valence-corrected chi connectivity index (χ3v) is 6.94. The molecule has 4 aromatic carbocycles. The van der Waals surface area contributed by atoms with Crippen LogP contribution in [0.3, 0.4) is 0 Å². The van der Waals surface area contributed by atoms with Crippen molar-refractivity contribution in [1.82, 2.24) is 4.90 Å². The van der Waals surface area contributed by atoms with E-state index in [9.17, 15) is 9.59 Å². The Balaban J connectivity index is 1.18. The number of benzene rings is 4. The molecular formula is C31H27NO6S. The molecule has 4 aromatic rings. The molecule has 2 amide bonds. The highest BCUT2D eigenvalue weighted by atomic mass is 32.2. The standard InChI is InChI=1S/C31H27NO6S/c1-35-28-20-22(14-15-27(28)38-19-18-36-24-10-3-2-4-11-24)21-29-30(33)32(31(34)39-29)16-17-37-26-13-7-9-23-8-5-6-12-25(23)26/h2-15,20-21H,16-19H2,1H3/b29-21-. The number of rotatable bonds is 11. The molecule has 39 heavy (non-hydrogen) atoms. The van der Waals surface area contributed by atoms with Crippen molar-refractivity contribution in [3.8, 4) is 23.0 Å². The van der Waals surface area contributed by atoms with Gasteiger partial charge in [0.1, 0.15) is 31.3 Å². The van der Waals surface area contributed by atoms with Crippen LogP contribution in [0.5, 0.6) is 23.0 Å². The van der Waals surface area contributed by atoms with Crippen molar-refractivity contribution in [2.75, 3.05) is 33.5 Å². The summed E-state index contributed by atoms with van der Waals surface area (Å²) >= 11 is 0.912. The largest absolute Gasteiger partial charge is 0.493 e. The number of para-hydroxylation sites is 1. The molecule has 0 spiro atoms. The Labute approximate surface area is 230 Å². The quantitative estimate of drug-likeness (QED) is 0.160. The highest BCUT2D eigenvalue weighted by Crippen LogP contribution is 2.34. The third kappa shape index (κ3) is 6.35. The lowest BCUT2D eigenvalue weighted by molar-refractivity contribution is -0.123. The molecule has 1 aliphatic rings. The number of amides is 2. The molecule has 0 radical (unpaired) electrons. The lowest BCUT2D eigenvalue weighted by atomic mass is 10.1. The van der Waals surface area contributed by atoms with Gasteiger partial charge in [-0.3, -0.25) is 14.5 Å². The number of hydrogen-bond donors (Lipinski definition) is 0. The molecule has 0 unspecified atom stereocenters. The van der Waals surface area contributed by atoms with Gasteiger partial charge in [-0.1, -0.05) is 60.7 Å². The minimum Gasteiger partial charge on any atom is -0.493 e. The van der Waals surface area contributed by atoms with Crippen molar-refractivity contribution in [2.45, 2.75) is 0 Å². The van der Waals surface area contributed by atoms with Crippen LogP contribution in [0.2, 0.25) is 0 Å². The second-order valence-electron chi connectivity index (χ2n) is 8.58. The Morgan fingerprint density at radius 2 is 1.49 bits per heavy atom. The van der Waals surface area contributed by atoms with Gasteiger partial charge in [0.15, 0.2) is 11.5 Å². The fourth-order valence-corrected chi connectivity index (χ4v) is 5.00. The van der Waals surface area contributed by atoms with Gasteiger partial charge < -0.3 is 18.9 Å². The zero-order valence-electron chi connectivity index (χ0n) is 21.4. The lowest BCUT2D eigenvalue weighted by Gasteiger charge is -2.14. The van der Waals surface area contributed by atoms with E-state index in [2.05, 4.69) is 0 Å². The monoisotopic (exact) mass is 541 g/mol. The van der Waals surface area contributed by atoms with E-state index in [1.807, 2.05) is 78.9 Å². The molecule has 0 bridgehead atoms. The number of thioether (sulfide) groups is 1. The maximum Gasteiger partial charge on any atom is 0.293 e. The molecule has 198 valence electrons. The van der Waals surface area contributed by atoms with Crippen LogP contribution in [0.15, 0.2) is 95.9 Å². The van der Waals surface area contributed by atoms with Crippen LogP contribution >= 0.6 is 11.8 Å². The first kappa shape index (κ1) is 26.2. The number of hydrogen-bond acceptors (Lipinski definition) is 7. The summed E-state index contributed by atoms with van der Waals surface area (Å²) in [6.07, 6.45) is 1.68. The predicted octanol–water partition coefficient (Wildman–Crippen LogP) is 6.42. The molecule has 0 aliphatic carbocycles. The fraction of sp³-hybridized carbons (Fsp3) is 0.161. The molecule has 1 heterocycles. The molecular weight excluding hydrogens is 514 g/mol. The van der Waals surface area contributed by atoms with Crippen LogP contribution in [0.1, 0.15) is 5.56 Å². The molecule has 1 fully saturated rings. The molecule has 0 saturated carbocycles. The molecule has 1 aliphatic heterocycles. The second-order valence-corrected chi connectivity index (χ2v) is 9.57. The van der Waals surface area contributed by atoms with E-state index in [-0.39, 0.29) is 24.3 Å². The van der Waals surface area contributed by atoms with Crippen LogP contribution in [-0.4, -0.2) is 49.5 Å². The van der Waals surface area contributed by atoms with Crippen molar-refractivity contribution < 1.29 is 28.5 Å². The molecule has 0 atom stereocenters. The summed E-state index contributed by atoms with van der Waals surface area (Å²) in [7, 11) is 1.55. The Morgan fingerprint density at radius 1 is 0.744 bits per heavy atom. The highest BCUT2D eigenvalue weighted by molar-refractivity contribution is 8.18. The number of carbonyl (C=O) groups is 2. The Kier molecular flexibility index (Phi) is 8.33. The van der Waals surface area contributed by atoms with Crippen molar-refractivity contribution in [1.29, 1.82) is 0 Å². The van der Waals surface area contributed by atoms with Crippen molar-refractivity contribution >= 4 is 39.8 Å². The van der Waals surface area contributed by atoms with Crippen molar-refractivity contribution in [3.63, 3.8) is 0 Å². The van der Waals surface area contributed by atoms with Gasteiger partial charge in [-0.2, -0.15) is 0 Å². The number of ether oxygens (including phenoxy) is 4. The van der Waals surface area contributed by atoms with E-state index < -0.39 is 0 Å². The maximum absolute atomic E-state index is 13.0. The van der Waals surface area contributed by atoms with Gasteiger partial charge >= 0.3 is 0 Å². The lowest BCUT2D eigenvalue weighted by Crippen LogP contribution is -2.32. The summed E-state index contributed by atoms with van der Waals surface area (Å²) < 4.78 is 22.9. The van der Waals surface area contributed by atoms with Crippen LogP contribution in [0, 0.1) is 0 Å². The zero-order chi connectivity index (χ0) is 27.0. The van der Waals surface area contributed by atoms with E-state index in [0.717, 1.165) is 39.6 Å². The number of methoxy groups -OCH3 is 1. The zero-order valence-corrected chi connectivity index (χ0v) is 22.2. The van der Waals surface area contributed by atoms with Crippen LogP contribution in [0.4, 0.5) is 4.79 Å². The number of carbonyl (C=O) groups excluding carboxylic acids is 2. The van der Waals surface area contributed by atoms with Gasteiger partial charge in [-0.05, 0) is 59.1 Å². The normalized spacial score (nSPS) is 14.2. The first-order valence-electron chi connectivity index (χ1n) is 12.5. The van der Waals surface area contributed by atoms with Gasteiger partial charge in [-0.15, -0.1) is 0 Å². The summed E-state index contributed by atoms with van der Waals surface area (Å²) in [5, 5.41) is 1.73. The molecule has 0 aromatic heterocycles. The van der Waals surface area contributed by atoms with Crippen molar-refractivity contribution in [2.24, 2.45) is 0 Å². The molecule has 7 nitrogen and oxygen atoms in total. The number of imide groups is 1. The van der Waals surface area contributed by atoms with Crippen LogP contribution < -0.4 is 18.9 Å². The Morgan fingerprint density at radius 3 is 2.33 bits per heavy atom. The molecule has 0 N–H and O–H groups in total. The average Bonchev–Trinajstić information content (AvgIpc) is 3.23. The smallest absolute Gasteiger partial charge is 0.293 e. The topological polar surface area (TPSA) is 74.3 Å². The minimum absolute atomic E-state index is 0.159. The first-order chi connectivity index (χ1) is 19.1. The van der Waals surface area contributed by atoms with Gasteiger partial charge in [0.25, 0.3) is 11.1 Å². The van der Waals surface area contributed by atoms with E-state index in [0.29, 0.717) is 29.6 Å². The van der Waals surface area contributed by atoms with E-state index in [4.69, 9.17) is 18.9 Å². The summed E-state index contributed by atoms with van der Waals surface area (Å²) in [5.41, 5.74) is 0.720. The van der Waals surface area contributed by atoms with Gasteiger partial charge in [0.05, 0.1) is 18.6 Å². The second kappa shape index (κ2) is 12.4. The molecule has 8 heteroatoms. The van der Waals surface area contributed by atoms with Crippen molar-refractivity contribution in [3.05, 3.63) is 101 Å². The Hall–Kier alpha value is -4.43. The fourth-order valence-electron chi connectivity index (χ4n) is 4.13. The maximum atomic E-state index is 13.0.